The Morgan fingerprint density at radius 2 is 1.70 bits per heavy atom. The van der Waals surface area contributed by atoms with Gasteiger partial charge in [0.1, 0.15) is 5.60 Å². The van der Waals surface area contributed by atoms with E-state index >= 15 is 0 Å². The second-order valence-electron chi connectivity index (χ2n) is 6.80. The number of likely N-dealkylation sites (tertiary alicyclic amines) is 1. The van der Waals surface area contributed by atoms with Gasteiger partial charge in [-0.3, -0.25) is 9.59 Å². The highest BCUT2D eigenvalue weighted by atomic mass is 16.3. The summed E-state index contributed by atoms with van der Waals surface area (Å²) in [5.41, 5.74) is -1.05. The molecule has 4 heteroatoms. The first-order valence-corrected chi connectivity index (χ1v) is 8.74. The summed E-state index contributed by atoms with van der Waals surface area (Å²) in [6, 6.07) is 8.87. The third kappa shape index (κ3) is 3.18. The van der Waals surface area contributed by atoms with Crippen LogP contribution in [0.5, 0.6) is 0 Å². The molecule has 2 unspecified atom stereocenters. The summed E-state index contributed by atoms with van der Waals surface area (Å²) in [6.07, 6.45) is 5.86. The molecular weight excluding hydrogens is 290 g/mol. The van der Waals surface area contributed by atoms with Gasteiger partial charge in [0.15, 0.2) is 5.78 Å². The van der Waals surface area contributed by atoms with Crippen molar-refractivity contribution in [2.24, 2.45) is 5.92 Å². The predicted molar refractivity (Wildman–Crippen MR) is 88.1 cm³/mol. The van der Waals surface area contributed by atoms with Crippen LogP contribution in [0.3, 0.4) is 0 Å². The Morgan fingerprint density at radius 1 is 1.00 bits per heavy atom. The minimum Gasteiger partial charge on any atom is -0.381 e. The number of hydrogen-bond donors (Lipinski definition) is 1. The van der Waals surface area contributed by atoms with Crippen LogP contribution in [0.25, 0.3) is 0 Å². The fourth-order valence-electron chi connectivity index (χ4n) is 3.93. The second-order valence-corrected chi connectivity index (χ2v) is 6.80. The lowest BCUT2D eigenvalue weighted by molar-refractivity contribution is -0.146. The van der Waals surface area contributed by atoms with E-state index in [0.29, 0.717) is 18.4 Å². The number of hydrogen-bond acceptors (Lipinski definition) is 3. The van der Waals surface area contributed by atoms with Crippen molar-refractivity contribution in [3.63, 3.8) is 0 Å². The van der Waals surface area contributed by atoms with Crippen molar-refractivity contribution in [1.29, 1.82) is 0 Å². The van der Waals surface area contributed by atoms with Crippen LogP contribution in [0.15, 0.2) is 30.3 Å². The van der Waals surface area contributed by atoms with E-state index in [4.69, 9.17) is 0 Å². The average Bonchev–Trinajstić information content (AvgIpc) is 2.62. The van der Waals surface area contributed by atoms with Crippen LogP contribution in [0, 0.1) is 5.92 Å². The summed E-state index contributed by atoms with van der Waals surface area (Å²) >= 11 is 0. The fraction of sp³-hybridized carbons (Fsp3) is 0.579. The van der Waals surface area contributed by atoms with Crippen molar-refractivity contribution < 1.29 is 14.7 Å². The van der Waals surface area contributed by atoms with Gasteiger partial charge in [-0.25, -0.2) is 0 Å². The zero-order valence-corrected chi connectivity index (χ0v) is 13.5. The number of piperidine rings is 1. The van der Waals surface area contributed by atoms with Gasteiger partial charge in [0.2, 0.25) is 5.91 Å². The van der Waals surface area contributed by atoms with Crippen LogP contribution in [0.1, 0.15) is 55.3 Å². The predicted octanol–water partition coefficient (Wildman–Crippen LogP) is 2.80. The number of Topliss-reactive ketones (excluding diaryl/α,β-unsaturated/α-hetero) is 1. The second kappa shape index (κ2) is 6.83. The van der Waals surface area contributed by atoms with Crippen LogP contribution >= 0.6 is 0 Å². The molecule has 2 aliphatic rings. The highest BCUT2D eigenvalue weighted by molar-refractivity contribution is 6.05. The summed E-state index contributed by atoms with van der Waals surface area (Å²) < 4.78 is 0. The maximum Gasteiger partial charge on any atom is 0.229 e. The van der Waals surface area contributed by atoms with E-state index < -0.39 is 11.5 Å². The first-order chi connectivity index (χ1) is 11.1. The highest BCUT2D eigenvalue weighted by Gasteiger charge is 2.50. The normalized spacial score (nSPS) is 28.4. The molecule has 2 fully saturated rings. The molecule has 3 rings (SSSR count). The third-order valence-electron chi connectivity index (χ3n) is 5.27. The summed E-state index contributed by atoms with van der Waals surface area (Å²) in [5, 5.41) is 11.2. The number of ketones is 1. The molecule has 23 heavy (non-hydrogen) atoms. The molecule has 0 spiro atoms. The largest absolute Gasteiger partial charge is 0.381 e. The molecule has 1 aliphatic heterocycles. The summed E-state index contributed by atoms with van der Waals surface area (Å²) in [5.74, 6) is -0.925. The van der Waals surface area contributed by atoms with Gasteiger partial charge in [0, 0.05) is 18.7 Å². The Hall–Kier alpha value is -1.68. The molecule has 124 valence electrons. The summed E-state index contributed by atoms with van der Waals surface area (Å²) in [7, 11) is 0. The van der Waals surface area contributed by atoms with Crippen molar-refractivity contribution in [3.05, 3.63) is 35.9 Å². The van der Waals surface area contributed by atoms with Gasteiger partial charge in [-0.15, -0.1) is 0 Å². The molecular formula is C19H25NO3. The van der Waals surface area contributed by atoms with Crippen molar-refractivity contribution in [3.8, 4) is 0 Å². The molecule has 1 saturated carbocycles. The molecule has 1 aliphatic carbocycles. The lowest BCUT2D eigenvalue weighted by Gasteiger charge is -2.41. The number of aliphatic hydroxyl groups is 1. The highest BCUT2D eigenvalue weighted by Crippen LogP contribution is 2.38. The number of rotatable bonds is 3. The van der Waals surface area contributed by atoms with E-state index in [1.807, 2.05) is 11.0 Å². The smallest absolute Gasteiger partial charge is 0.229 e. The summed E-state index contributed by atoms with van der Waals surface area (Å²) in [4.78, 5) is 27.7. The Balaban J connectivity index is 1.85. The number of nitrogens with zero attached hydrogens (tertiary/aromatic N) is 1. The molecule has 1 saturated heterocycles. The monoisotopic (exact) mass is 315 g/mol. The van der Waals surface area contributed by atoms with Crippen molar-refractivity contribution >= 4 is 11.7 Å². The molecule has 0 aromatic heterocycles. The number of benzene rings is 1. The first-order valence-electron chi connectivity index (χ1n) is 8.74. The molecule has 1 heterocycles. The standard InChI is InChI=1S/C19H25NO3/c21-17(15-9-3-1-4-10-15)19(23)12-6-5-11-16(19)18(22)20-13-7-2-8-14-20/h1,3-4,9-10,16,23H,2,5-8,11-14H2. The molecule has 1 aromatic rings. The van der Waals surface area contributed by atoms with Gasteiger partial charge < -0.3 is 10.0 Å². The van der Waals surface area contributed by atoms with Crippen molar-refractivity contribution in [2.45, 2.75) is 50.5 Å². The van der Waals surface area contributed by atoms with Crippen molar-refractivity contribution in [1.82, 2.24) is 4.90 Å². The fourth-order valence-corrected chi connectivity index (χ4v) is 3.93. The van der Waals surface area contributed by atoms with Gasteiger partial charge in [0.05, 0.1) is 5.92 Å². The van der Waals surface area contributed by atoms with Gasteiger partial charge in [-0.05, 0) is 32.1 Å². The molecule has 4 nitrogen and oxygen atoms in total. The van der Waals surface area contributed by atoms with Gasteiger partial charge in [-0.2, -0.15) is 0 Å². The Kier molecular flexibility index (Phi) is 4.81. The Labute approximate surface area is 137 Å². The van der Waals surface area contributed by atoms with E-state index in [1.54, 1.807) is 24.3 Å². The maximum atomic E-state index is 12.9. The van der Waals surface area contributed by atoms with E-state index in [-0.39, 0.29) is 11.7 Å². The molecule has 0 radical (unpaired) electrons. The topological polar surface area (TPSA) is 57.6 Å². The Bertz CT molecular complexity index is 565. The van der Waals surface area contributed by atoms with Gasteiger partial charge >= 0.3 is 0 Å². The number of carbonyl (C=O) groups excluding carboxylic acids is 2. The zero-order valence-electron chi connectivity index (χ0n) is 13.5. The first kappa shape index (κ1) is 16.2. The quantitative estimate of drug-likeness (QED) is 0.873. The average molecular weight is 315 g/mol. The lowest BCUT2D eigenvalue weighted by atomic mass is 9.70. The Morgan fingerprint density at radius 3 is 2.39 bits per heavy atom. The SMILES string of the molecule is O=C(C1CCCCC1(O)C(=O)c1ccccc1)N1CCCCC1. The van der Waals surface area contributed by atoms with E-state index in [2.05, 4.69) is 0 Å². The zero-order chi connectivity index (χ0) is 16.3. The maximum absolute atomic E-state index is 12.9. The van der Waals surface area contributed by atoms with E-state index in [0.717, 1.165) is 45.2 Å². The molecule has 1 N–H and O–H groups in total. The van der Waals surface area contributed by atoms with Crippen LogP contribution in [0.2, 0.25) is 0 Å². The minimum absolute atomic E-state index is 0.0313. The summed E-state index contributed by atoms with van der Waals surface area (Å²) in [6.45, 7) is 1.51. The van der Waals surface area contributed by atoms with Gasteiger partial charge in [-0.1, -0.05) is 43.2 Å². The molecule has 1 amide bonds. The van der Waals surface area contributed by atoms with Crippen molar-refractivity contribution in [2.75, 3.05) is 13.1 Å². The molecule has 0 bridgehead atoms. The number of carbonyl (C=O) groups is 2. The molecule has 2 atom stereocenters. The van der Waals surface area contributed by atoms with E-state index in [9.17, 15) is 14.7 Å². The van der Waals surface area contributed by atoms with Gasteiger partial charge in [0.25, 0.3) is 0 Å². The number of amides is 1. The lowest BCUT2D eigenvalue weighted by Crippen LogP contribution is -2.55. The third-order valence-corrected chi connectivity index (χ3v) is 5.27. The minimum atomic E-state index is -1.55. The van der Waals surface area contributed by atoms with Crippen LogP contribution in [0.4, 0.5) is 0 Å². The van der Waals surface area contributed by atoms with E-state index in [1.165, 1.54) is 0 Å². The van der Waals surface area contributed by atoms with Crippen LogP contribution in [-0.2, 0) is 4.79 Å². The van der Waals surface area contributed by atoms with Crippen LogP contribution < -0.4 is 0 Å². The van der Waals surface area contributed by atoms with Crippen LogP contribution in [-0.4, -0.2) is 40.4 Å². The molecule has 1 aromatic carbocycles.